The van der Waals surface area contributed by atoms with E-state index < -0.39 is 10.0 Å². The zero-order chi connectivity index (χ0) is 15.7. The first-order valence-electron chi connectivity index (χ1n) is 7.43. The van der Waals surface area contributed by atoms with E-state index in [1.54, 1.807) is 24.3 Å². The molecule has 0 amide bonds. The molecule has 3 rings (SSSR count). The maximum atomic E-state index is 12.6. The highest BCUT2D eigenvalue weighted by atomic mass is 32.2. The smallest absolute Gasteiger partial charge is 0.261 e. The van der Waals surface area contributed by atoms with Crippen LogP contribution in [0.1, 0.15) is 23.1 Å². The van der Waals surface area contributed by atoms with Crippen LogP contribution in [0.15, 0.2) is 41.3 Å². The van der Waals surface area contributed by atoms with E-state index in [-0.39, 0.29) is 4.90 Å². The number of aryl methyl sites for hydroxylation is 3. The number of hydrogen-bond donors (Lipinski definition) is 2. The molecule has 2 N–H and O–H groups in total. The maximum absolute atomic E-state index is 12.6. The van der Waals surface area contributed by atoms with Crippen molar-refractivity contribution in [3.05, 3.63) is 53.1 Å². The van der Waals surface area contributed by atoms with Crippen LogP contribution >= 0.6 is 0 Å². The average molecular weight is 316 g/mol. The predicted octanol–water partition coefficient (Wildman–Crippen LogP) is 3.46. The van der Waals surface area contributed by atoms with E-state index >= 15 is 0 Å². The van der Waals surface area contributed by atoms with Crippen LogP contribution in [-0.4, -0.2) is 15.0 Å². The molecule has 0 aromatic heterocycles. The summed E-state index contributed by atoms with van der Waals surface area (Å²) < 4.78 is 28.0. The first-order chi connectivity index (χ1) is 10.5. The fourth-order valence-electron chi connectivity index (χ4n) is 2.69. The summed E-state index contributed by atoms with van der Waals surface area (Å²) in [6, 6.07) is 10.9. The molecule has 0 atom stereocenters. The quantitative estimate of drug-likeness (QED) is 0.911. The maximum Gasteiger partial charge on any atom is 0.261 e. The lowest BCUT2D eigenvalue weighted by molar-refractivity contribution is 0.601. The van der Waals surface area contributed by atoms with Crippen molar-refractivity contribution in [3.63, 3.8) is 0 Å². The van der Waals surface area contributed by atoms with Gasteiger partial charge in [-0.3, -0.25) is 4.72 Å². The summed E-state index contributed by atoms with van der Waals surface area (Å²) in [5.74, 6) is 0. The molecule has 116 valence electrons. The first-order valence-corrected chi connectivity index (χ1v) is 8.91. The molecule has 2 aromatic rings. The van der Waals surface area contributed by atoms with Gasteiger partial charge in [-0.25, -0.2) is 8.42 Å². The Labute approximate surface area is 131 Å². The summed E-state index contributed by atoms with van der Waals surface area (Å²) in [5.41, 5.74) is 4.70. The molecule has 2 aromatic carbocycles. The summed E-state index contributed by atoms with van der Waals surface area (Å²) in [5, 5.41) is 3.33. The van der Waals surface area contributed by atoms with Crippen molar-refractivity contribution in [2.75, 3.05) is 16.6 Å². The normalized spacial score (nSPS) is 14.1. The van der Waals surface area contributed by atoms with Crippen LogP contribution in [0.25, 0.3) is 0 Å². The van der Waals surface area contributed by atoms with Crippen molar-refractivity contribution >= 4 is 21.4 Å². The lowest BCUT2D eigenvalue weighted by Gasteiger charge is -2.23. The van der Waals surface area contributed by atoms with Gasteiger partial charge in [-0.1, -0.05) is 29.8 Å². The zero-order valence-electron chi connectivity index (χ0n) is 12.8. The van der Waals surface area contributed by atoms with Crippen molar-refractivity contribution < 1.29 is 8.42 Å². The van der Waals surface area contributed by atoms with E-state index in [0.717, 1.165) is 36.2 Å². The summed E-state index contributed by atoms with van der Waals surface area (Å²) >= 11 is 0. The van der Waals surface area contributed by atoms with Crippen LogP contribution in [0.5, 0.6) is 0 Å². The number of nitrogens with one attached hydrogen (secondary N) is 2. The van der Waals surface area contributed by atoms with Crippen LogP contribution in [0.3, 0.4) is 0 Å². The Morgan fingerprint density at radius 1 is 1.05 bits per heavy atom. The van der Waals surface area contributed by atoms with Crippen LogP contribution in [-0.2, 0) is 16.4 Å². The van der Waals surface area contributed by atoms with Gasteiger partial charge in [0.2, 0.25) is 0 Å². The second-order valence-corrected chi connectivity index (χ2v) is 7.42. The summed E-state index contributed by atoms with van der Waals surface area (Å²) in [7, 11) is -3.58. The molecule has 1 aliphatic rings. The highest BCUT2D eigenvalue weighted by Crippen LogP contribution is 2.34. The van der Waals surface area contributed by atoms with Gasteiger partial charge in [0.15, 0.2) is 0 Å². The van der Waals surface area contributed by atoms with Gasteiger partial charge in [-0.05, 0) is 49.9 Å². The molecular weight excluding hydrogens is 296 g/mol. The van der Waals surface area contributed by atoms with Gasteiger partial charge < -0.3 is 5.32 Å². The molecule has 4 nitrogen and oxygen atoms in total. The van der Waals surface area contributed by atoms with Gasteiger partial charge >= 0.3 is 0 Å². The molecule has 0 unspecified atom stereocenters. The molecule has 22 heavy (non-hydrogen) atoms. The van der Waals surface area contributed by atoms with Gasteiger partial charge in [0.1, 0.15) is 0 Å². The largest absolute Gasteiger partial charge is 0.383 e. The number of benzene rings is 2. The number of fused-ring (bicyclic) bond motifs is 1. The lowest BCUT2D eigenvalue weighted by atomic mass is 10.00. The number of anilines is 2. The highest BCUT2D eigenvalue weighted by molar-refractivity contribution is 7.92. The Hall–Kier alpha value is -2.01. The van der Waals surface area contributed by atoms with Gasteiger partial charge in [0.05, 0.1) is 16.3 Å². The second-order valence-electron chi connectivity index (χ2n) is 5.74. The SMILES string of the molecule is Cc1ccc(S(=O)(=O)Nc2c(C)ccc3c2NCCC3)cc1. The number of rotatable bonds is 3. The van der Waals surface area contributed by atoms with Crippen molar-refractivity contribution in [1.82, 2.24) is 0 Å². The van der Waals surface area contributed by atoms with Crippen LogP contribution in [0, 0.1) is 13.8 Å². The number of hydrogen-bond acceptors (Lipinski definition) is 3. The Balaban J connectivity index is 2.00. The van der Waals surface area contributed by atoms with Gasteiger partial charge in [0.25, 0.3) is 10.0 Å². The minimum absolute atomic E-state index is 0.283. The molecule has 5 heteroatoms. The molecule has 0 radical (unpaired) electrons. The van der Waals surface area contributed by atoms with Gasteiger partial charge in [0, 0.05) is 6.54 Å². The van der Waals surface area contributed by atoms with Crippen molar-refractivity contribution in [3.8, 4) is 0 Å². The van der Waals surface area contributed by atoms with Gasteiger partial charge in [-0.15, -0.1) is 0 Å². The lowest BCUT2D eigenvalue weighted by Crippen LogP contribution is -2.19. The molecule has 0 aliphatic carbocycles. The second kappa shape index (κ2) is 5.65. The van der Waals surface area contributed by atoms with Gasteiger partial charge in [-0.2, -0.15) is 0 Å². The van der Waals surface area contributed by atoms with Crippen molar-refractivity contribution in [2.24, 2.45) is 0 Å². The average Bonchev–Trinajstić information content (AvgIpc) is 2.50. The Morgan fingerprint density at radius 2 is 1.77 bits per heavy atom. The zero-order valence-corrected chi connectivity index (χ0v) is 13.6. The molecule has 0 saturated heterocycles. The Bertz CT molecular complexity index is 796. The summed E-state index contributed by atoms with van der Waals surface area (Å²) in [4.78, 5) is 0.283. The van der Waals surface area contributed by atoms with E-state index in [4.69, 9.17) is 0 Å². The van der Waals surface area contributed by atoms with E-state index in [9.17, 15) is 8.42 Å². The highest BCUT2D eigenvalue weighted by Gasteiger charge is 2.20. The van der Waals surface area contributed by atoms with E-state index in [2.05, 4.69) is 16.1 Å². The Morgan fingerprint density at radius 3 is 2.50 bits per heavy atom. The predicted molar refractivity (Wildman–Crippen MR) is 90.0 cm³/mol. The topological polar surface area (TPSA) is 58.2 Å². The molecule has 1 aliphatic heterocycles. The van der Waals surface area contributed by atoms with E-state index in [1.165, 1.54) is 5.56 Å². The summed E-state index contributed by atoms with van der Waals surface area (Å²) in [6.07, 6.45) is 2.04. The van der Waals surface area contributed by atoms with Crippen molar-refractivity contribution in [1.29, 1.82) is 0 Å². The van der Waals surface area contributed by atoms with E-state index in [0.29, 0.717) is 5.69 Å². The minimum Gasteiger partial charge on any atom is -0.383 e. The standard InChI is InChI=1S/C17H20N2O2S/c1-12-5-9-15(10-6-12)22(20,21)19-16-13(2)7-8-14-4-3-11-18-17(14)16/h5-10,18-19H,3-4,11H2,1-2H3. The third-order valence-corrected chi connectivity index (χ3v) is 5.36. The molecule has 1 heterocycles. The summed E-state index contributed by atoms with van der Waals surface area (Å²) in [6.45, 7) is 4.73. The molecule has 0 spiro atoms. The fraction of sp³-hybridized carbons (Fsp3) is 0.294. The van der Waals surface area contributed by atoms with Crippen LogP contribution in [0.4, 0.5) is 11.4 Å². The monoisotopic (exact) mass is 316 g/mol. The third kappa shape index (κ3) is 2.81. The van der Waals surface area contributed by atoms with Crippen LogP contribution in [0.2, 0.25) is 0 Å². The number of sulfonamides is 1. The van der Waals surface area contributed by atoms with Crippen LogP contribution < -0.4 is 10.0 Å². The fourth-order valence-corrected chi connectivity index (χ4v) is 3.84. The first kappa shape index (κ1) is 14.9. The molecular formula is C17H20N2O2S. The molecule has 0 fully saturated rings. The minimum atomic E-state index is -3.58. The Kier molecular flexibility index (Phi) is 3.83. The van der Waals surface area contributed by atoms with E-state index in [1.807, 2.05) is 19.9 Å². The van der Waals surface area contributed by atoms with Crippen molar-refractivity contribution in [2.45, 2.75) is 31.6 Å². The third-order valence-electron chi connectivity index (χ3n) is 3.99. The molecule has 0 saturated carbocycles. The molecule has 0 bridgehead atoms.